The van der Waals surface area contributed by atoms with Gasteiger partial charge in [0.2, 0.25) is 5.95 Å². The van der Waals surface area contributed by atoms with Crippen molar-refractivity contribution in [2.75, 3.05) is 29.5 Å². The third kappa shape index (κ3) is 4.07. The fourth-order valence-electron chi connectivity index (χ4n) is 1.89. The van der Waals surface area contributed by atoms with E-state index in [-0.39, 0.29) is 0 Å². The van der Waals surface area contributed by atoms with Crippen molar-refractivity contribution in [3.63, 3.8) is 0 Å². The van der Waals surface area contributed by atoms with Crippen LogP contribution in [0, 0.1) is 0 Å². The van der Waals surface area contributed by atoms with Gasteiger partial charge >= 0.3 is 0 Å². The molecule has 0 saturated carbocycles. The number of nitrogens with one attached hydrogen (secondary N) is 2. The van der Waals surface area contributed by atoms with Gasteiger partial charge < -0.3 is 10.6 Å². The number of rotatable bonds is 5. The van der Waals surface area contributed by atoms with Gasteiger partial charge in [-0.2, -0.15) is 16.7 Å². The van der Waals surface area contributed by atoms with Gasteiger partial charge in [-0.15, -0.1) is 0 Å². The van der Waals surface area contributed by atoms with Gasteiger partial charge in [-0.3, -0.25) is 0 Å². The van der Waals surface area contributed by atoms with Gasteiger partial charge in [-0.25, -0.2) is 4.98 Å². The van der Waals surface area contributed by atoms with Crippen LogP contribution in [-0.2, 0) is 0 Å². The predicted molar refractivity (Wildman–Crippen MR) is 74.8 cm³/mol. The smallest absolute Gasteiger partial charge is 0.224 e. The molecular weight excluding hydrogens is 232 g/mol. The lowest BCUT2D eigenvalue weighted by atomic mass is 10.2. The van der Waals surface area contributed by atoms with Crippen molar-refractivity contribution in [1.29, 1.82) is 0 Å². The first kappa shape index (κ1) is 12.5. The lowest BCUT2D eigenvalue weighted by molar-refractivity contribution is 0.677. The van der Waals surface area contributed by atoms with Crippen molar-refractivity contribution < 1.29 is 0 Å². The zero-order valence-corrected chi connectivity index (χ0v) is 11.1. The fourth-order valence-corrected chi connectivity index (χ4v) is 3.13. The first-order valence-electron chi connectivity index (χ1n) is 6.31. The Morgan fingerprint density at radius 3 is 3.12 bits per heavy atom. The zero-order chi connectivity index (χ0) is 11.9. The molecule has 1 fully saturated rings. The standard InChI is InChI=1S/C12H20N4S/c1-2-13-12-14-7-6-11(16-12)15-9-10-5-3-4-8-17-10/h6-7,10H,2-5,8-9H2,1H3,(H2,13,14,15,16). The van der Waals surface area contributed by atoms with E-state index in [0.29, 0.717) is 5.95 Å². The van der Waals surface area contributed by atoms with Gasteiger partial charge in [0.25, 0.3) is 0 Å². The van der Waals surface area contributed by atoms with E-state index in [1.807, 2.05) is 13.0 Å². The summed E-state index contributed by atoms with van der Waals surface area (Å²) >= 11 is 2.08. The average molecular weight is 252 g/mol. The molecule has 1 saturated heterocycles. The van der Waals surface area contributed by atoms with Gasteiger partial charge in [0.1, 0.15) is 5.82 Å². The van der Waals surface area contributed by atoms with Crippen molar-refractivity contribution in [3.05, 3.63) is 12.3 Å². The molecule has 1 aromatic rings. The van der Waals surface area contributed by atoms with Gasteiger partial charge in [0, 0.05) is 24.5 Å². The Hall–Kier alpha value is -0.970. The summed E-state index contributed by atoms with van der Waals surface area (Å²) in [4.78, 5) is 8.56. The van der Waals surface area contributed by atoms with Crippen LogP contribution in [0.4, 0.5) is 11.8 Å². The Morgan fingerprint density at radius 2 is 2.35 bits per heavy atom. The Kier molecular flexibility index (Phi) is 4.91. The van der Waals surface area contributed by atoms with Crippen molar-refractivity contribution in [1.82, 2.24) is 9.97 Å². The molecule has 1 aliphatic heterocycles. The summed E-state index contributed by atoms with van der Waals surface area (Å²) in [7, 11) is 0. The monoisotopic (exact) mass is 252 g/mol. The van der Waals surface area contributed by atoms with Crippen LogP contribution in [0.5, 0.6) is 0 Å². The van der Waals surface area contributed by atoms with Crippen molar-refractivity contribution in [2.45, 2.75) is 31.4 Å². The van der Waals surface area contributed by atoms with E-state index < -0.39 is 0 Å². The summed E-state index contributed by atoms with van der Waals surface area (Å²) in [6.45, 7) is 3.90. The highest BCUT2D eigenvalue weighted by atomic mass is 32.2. The van der Waals surface area contributed by atoms with Gasteiger partial charge in [-0.05, 0) is 31.6 Å². The van der Waals surface area contributed by atoms with Crippen LogP contribution >= 0.6 is 11.8 Å². The molecule has 2 N–H and O–H groups in total. The second-order valence-corrected chi connectivity index (χ2v) is 5.57. The molecule has 0 radical (unpaired) electrons. The molecule has 0 bridgehead atoms. The first-order valence-corrected chi connectivity index (χ1v) is 7.35. The maximum atomic E-state index is 4.40. The molecule has 17 heavy (non-hydrogen) atoms. The highest BCUT2D eigenvalue weighted by Gasteiger charge is 2.13. The van der Waals surface area contributed by atoms with E-state index in [1.54, 1.807) is 6.20 Å². The second kappa shape index (κ2) is 6.69. The van der Waals surface area contributed by atoms with E-state index >= 15 is 0 Å². The Balaban J connectivity index is 1.83. The minimum atomic E-state index is 0.703. The van der Waals surface area contributed by atoms with Crippen LogP contribution in [-0.4, -0.2) is 34.1 Å². The van der Waals surface area contributed by atoms with Crippen molar-refractivity contribution in [2.24, 2.45) is 0 Å². The topological polar surface area (TPSA) is 49.8 Å². The van der Waals surface area contributed by atoms with Crippen LogP contribution in [0.2, 0.25) is 0 Å². The molecule has 1 aromatic heterocycles. The summed E-state index contributed by atoms with van der Waals surface area (Å²) in [6, 6.07) is 1.92. The number of hydrogen-bond donors (Lipinski definition) is 2. The lowest BCUT2D eigenvalue weighted by Crippen LogP contribution is -2.20. The van der Waals surface area contributed by atoms with E-state index in [1.165, 1.54) is 25.0 Å². The summed E-state index contributed by atoms with van der Waals surface area (Å²) in [6.07, 6.45) is 5.86. The Bertz CT molecular complexity index is 339. The van der Waals surface area contributed by atoms with E-state index in [2.05, 4.69) is 32.4 Å². The van der Waals surface area contributed by atoms with Gasteiger partial charge in [-0.1, -0.05) is 6.42 Å². The number of nitrogens with zero attached hydrogens (tertiary/aromatic N) is 2. The molecule has 5 heteroatoms. The molecular formula is C12H20N4S. The molecule has 0 aliphatic carbocycles. The third-order valence-electron chi connectivity index (χ3n) is 2.78. The first-order chi connectivity index (χ1) is 8.38. The summed E-state index contributed by atoms with van der Waals surface area (Å²) in [5.74, 6) is 2.93. The van der Waals surface area contributed by atoms with Crippen molar-refractivity contribution in [3.8, 4) is 0 Å². The molecule has 4 nitrogen and oxygen atoms in total. The average Bonchev–Trinajstić information content (AvgIpc) is 2.39. The molecule has 1 unspecified atom stereocenters. The normalized spacial score (nSPS) is 19.9. The van der Waals surface area contributed by atoms with Crippen LogP contribution in [0.1, 0.15) is 26.2 Å². The second-order valence-electron chi connectivity index (χ2n) is 4.17. The number of hydrogen-bond acceptors (Lipinski definition) is 5. The van der Waals surface area contributed by atoms with Crippen LogP contribution in [0.3, 0.4) is 0 Å². The van der Waals surface area contributed by atoms with E-state index in [9.17, 15) is 0 Å². The minimum absolute atomic E-state index is 0.703. The SMILES string of the molecule is CCNc1nccc(NCC2CCCCS2)n1. The highest BCUT2D eigenvalue weighted by Crippen LogP contribution is 2.25. The highest BCUT2D eigenvalue weighted by molar-refractivity contribution is 7.99. The molecule has 0 aromatic carbocycles. The van der Waals surface area contributed by atoms with E-state index in [4.69, 9.17) is 0 Å². The molecule has 1 aliphatic rings. The third-order valence-corrected chi connectivity index (χ3v) is 4.17. The minimum Gasteiger partial charge on any atom is -0.369 e. The van der Waals surface area contributed by atoms with Crippen LogP contribution < -0.4 is 10.6 Å². The van der Waals surface area contributed by atoms with Crippen molar-refractivity contribution >= 4 is 23.5 Å². The molecule has 0 amide bonds. The Morgan fingerprint density at radius 1 is 1.41 bits per heavy atom. The quantitative estimate of drug-likeness (QED) is 0.843. The molecule has 1 atom stereocenters. The van der Waals surface area contributed by atoms with Gasteiger partial charge in [0.05, 0.1) is 0 Å². The molecule has 2 rings (SSSR count). The molecule has 2 heterocycles. The summed E-state index contributed by atoms with van der Waals surface area (Å²) in [5, 5.41) is 7.26. The zero-order valence-electron chi connectivity index (χ0n) is 10.3. The summed E-state index contributed by atoms with van der Waals surface area (Å²) < 4.78 is 0. The number of thioether (sulfide) groups is 1. The van der Waals surface area contributed by atoms with E-state index in [0.717, 1.165) is 24.2 Å². The van der Waals surface area contributed by atoms with Crippen LogP contribution in [0.25, 0.3) is 0 Å². The van der Waals surface area contributed by atoms with Gasteiger partial charge in [0.15, 0.2) is 0 Å². The maximum absolute atomic E-state index is 4.40. The lowest BCUT2D eigenvalue weighted by Gasteiger charge is -2.21. The maximum Gasteiger partial charge on any atom is 0.224 e. The summed E-state index contributed by atoms with van der Waals surface area (Å²) in [5.41, 5.74) is 0. The number of anilines is 2. The molecule has 0 spiro atoms. The van der Waals surface area contributed by atoms with Crippen LogP contribution in [0.15, 0.2) is 12.3 Å². The number of aromatic nitrogens is 2. The largest absolute Gasteiger partial charge is 0.369 e. The predicted octanol–water partition coefficient (Wildman–Crippen LogP) is 2.61. The Labute approximate surface area is 107 Å². The molecule has 94 valence electrons. The fraction of sp³-hybridized carbons (Fsp3) is 0.667.